The highest BCUT2D eigenvalue weighted by molar-refractivity contribution is 5.93. The number of likely N-dealkylation sites (N-methyl/N-ethyl adjacent to an activating group) is 1. The van der Waals surface area contributed by atoms with Crippen LogP contribution in [0.3, 0.4) is 0 Å². The third kappa shape index (κ3) is 6.54. The zero-order valence-electron chi connectivity index (χ0n) is 14.9. The quantitative estimate of drug-likeness (QED) is 0.529. The molecule has 1 unspecified atom stereocenters. The summed E-state index contributed by atoms with van der Waals surface area (Å²) in [6, 6.07) is 7.33. The van der Waals surface area contributed by atoms with Crippen molar-refractivity contribution in [1.29, 1.82) is 0 Å². The van der Waals surface area contributed by atoms with Gasteiger partial charge in [0.2, 0.25) is 5.91 Å². The van der Waals surface area contributed by atoms with Crippen LogP contribution in [0.25, 0.3) is 0 Å². The van der Waals surface area contributed by atoms with Crippen molar-refractivity contribution in [3.63, 3.8) is 0 Å². The van der Waals surface area contributed by atoms with Gasteiger partial charge in [-0.15, -0.1) is 6.58 Å². The van der Waals surface area contributed by atoms with Crippen molar-refractivity contribution in [2.45, 2.75) is 39.7 Å². The minimum atomic E-state index is -0.520. The molecule has 1 aromatic carbocycles. The maximum atomic E-state index is 12.1. The fourth-order valence-corrected chi connectivity index (χ4v) is 2.22. The van der Waals surface area contributed by atoms with E-state index in [4.69, 9.17) is 4.74 Å². The molecule has 24 heavy (non-hydrogen) atoms. The van der Waals surface area contributed by atoms with Gasteiger partial charge in [-0.1, -0.05) is 18.2 Å². The van der Waals surface area contributed by atoms with E-state index in [1.54, 1.807) is 30.0 Å². The number of nitrogens with one attached hydrogen (secondary N) is 1. The number of anilines is 1. The van der Waals surface area contributed by atoms with Crippen LogP contribution in [0.2, 0.25) is 0 Å². The second-order valence-electron chi connectivity index (χ2n) is 5.52. The highest BCUT2D eigenvalue weighted by Gasteiger charge is 2.14. The number of amides is 2. The first-order chi connectivity index (χ1) is 11.5. The van der Waals surface area contributed by atoms with Gasteiger partial charge < -0.3 is 15.0 Å². The van der Waals surface area contributed by atoms with Crippen LogP contribution in [0.15, 0.2) is 36.9 Å². The molecule has 0 saturated carbocycles. The van der Waals surface area contributed by atoms with Crippen molar-refractivity contribution in [3.8, 4) is 0 Å². The third-order valence-electron chi connectivity index (χ3n) is 3.75. The second-order valence-corrected chi connectivity index (χ2v) is 5.52. The van der Waals surface area contributed by atoms with E-state index >= 15 is 0 Å². The molecule has 0 fully saturated rings. The van der Waals surface area contributed by atoms with Crippen LogP contribution in [0.5, 0.6) is 0 Å². The minimum Gasteiger partial charge on any atom is -0.368 e. The molecular formula is C19H28N2O3. The van der Waals surface area contributed by atoms with Crippen LogP contribution in [0, 0.1) is 0 Å². The van der Waals surface area contributed by atoms with E-state index in [1.807, 2.05) is 26.0 Å². The Morgan fingerprint density at radius 1 is 1.25 bits per heavy atom. The molecule has 0 aliphatic rings. The largest absolute Gasteiger partial charge is 0.368 e. The molecule has 0 aliphatic heterocycles. The molecule has 0 bridgehead atoms. The lowest BCUT2D eigenvalue weighted by molar-refractivity contribution is -0.130. The lowest BCUT2D eigenvalue weighted by Crippen LogP contribution is -2.31. The molecule has 0 aromatic heterocycles. The van der Waals surface area contributed by atoms with Crippen molar-refractivity contribution in [3.05, 3.63) is 42.5 Å². The Kier molecular flexibility index (Phi) is 8.79. The first kappa shape index (κ1) is 19.9. The molecule has 1 atom stereocenters. The topological polar surface area (TPSA) is 58.6 Å². The number of carbonyl (C=O) groups is 2. The molecule has 1 aromatic rings. The predicted molar refractivity (Wildman–Crippen MR) is 96.9 cm³/mol. The van der Waals surface area contributed by atoms with E-state index in [0.717, 1.165) is 5.56 Å². The van der Waals surface area contributed by atoms with Gasteiger partial charge in [0.1, 0.15) is 6.10 Å². The van der Waals surface area contributed by atoms with Gasteiger partial charge in [-0.3, -0.25) is 9.59 Å². The highest BCUT2D eigenvalue weighted by Crippen LogP contribution is 2.12. The van der Waals surface area contributed by atoms with Gasteiger partial charge in [-0.2, -0.15) is 0 Å². The molecule has 1 rings (SSSR count). The van der Waals surface area contributed by atoms with Crippen molar-refractivity contribution < 1.29 is 14.3 Å². The lowest BCUT2D eigenvalue weighted by Gasteiger charge is -2.18. The smallest absolute Gasteiger partial charge is 0.253 e. The minimum absolute atomic E-state index is 0.112. The first-order valence-corrected chi connectivity index (χ1v) is 8.41. The van der Waals surface area contributed by atoms with Gasteiger partial charge >= 0.3 is 0 Å². The molecule has 2 amide bonds. The molecular weight excluding hydrogens is 304 g/mol. The Labute approximate surface area is 144 Å². The van der Waals surface area contributed by atoms with E-state index < -0.39 is 6.10 Å². The Balaban J connectivity index is 2.53. The van der Waals surface area contributed by atoms with Gasteiger partial charge in [0.15, 0.2) is 0 Å². The molecule has 132 valence electrons. The maximum Gasteiger partial charge on any atom is 0.253 e. The molecule has 5 heteroatoms. The normalized spacial score (nSPS) is 11.6. The summed E-state index contributed by atoms with van der Waals surface area (Å²) in [5.41, 5.74) is 1.62. The molecule has 0 saturated heterocycles. The standard InChI is InChI=1S/C19H28N2O3/c1-5-8-13-24-15(4)19(23)20-17-11-9-16(10-12-17)14-18(22)21(6-2)7-3/h5,9-12,15H,1,6-8,13-14H2,2-4H3,(H,20,23). The summed E-state index contributed by atoms with van der Waals surface area (Å²) in [4.78, 5) is 25.9. The maximum absolute atomic E-state index is 12.1. The van der Waals surface area contributed by atoms with Crippen LogP contribution >= 0.6 is 0 Å². The van der Waals surface area contributed by atoms with Crippen LogP contribution < -0.4 is 5.32 Å². The van der Waals surface area contributed by atoms with Gasteiger partial charge in [0.25, 0.3) is 5.91 Å². The summed E-state index contributed by atoms with van der Waals surface area (Å²) in [5.74, 6) is -0.0768. The Morgan fingerprint density at radius 3 is 2.42 bits per heavy atom. The van der Waals surface area contributed by atoms with E-state index in [-0.39, 0.29) is 11.8 Å². The summed E-state index contributed by atoms with van der Waals surface area (Å²) >= 11 is 0. The van der Waals surface area contributed by atoms with Gasteiger partial charge in [-0.25, -0.2) is 0 Å². The Bertz CT molecular complexity index is 536. The number of hydrogen-bond acceptors (Lipinski definition) is 3. The van der Waals surface area contributed by atoms with Crippen molar-refractivity contribution in [2.75, 3.05) is 25.0 Å². The first-order valence-electron chi connectivity index (χ1n) is 8.41. The van der Waals surface area contributed by atoms with E-state index in [9.17, 15) is 9.59 Å². The summed E-state index contributed by atoms with van der Waals surface area (Å²) in [5, 5.41) is 2.81. The molecule has 0 aliphatic carbocycles. The molecule has 0 radical (unpaired) electrons. The second kappa shape index (κ2) is 10.6. The summed E-state index contributed by atoms with van der Waals surface area (Å²) in [6.07, 6.45) is 2.32. The van der Waals surface area contributed by atoms with E-state index in [2.05, 4.69) is 11.9 Å². The van der Waals surface area contributed by atoms with E-state index in [1.165, 1.54) is 0 Å². The zero-order chi connectivity index (χ0) is 17.9. The van der Waals surface area contributed by atoms with Crippen LogP contribution in [0.1, 0.15) is 32.8 Å². The van der Waals surface area contributed by atoms with Crippen LogP contribution in [0.4, 0.5) is 5.69 Å². The zero-order valence-corrected chi connectivity index (χ0v) is 14.9. The fraction of sp³-hybridized carbons (Fsp3) is 0.474. The number of benzene rings is 1. The third-order valence-corrected chi connectivity index (χ3v) is 3.75. The van der Waals surface area contributed by atoms with Crippen LogP contribution in [-0.2, 0) is 20.7 Å². The highest BCUT2D eigenvalue weighted by atomic mass is 16.5. The number of hydrogen-bond donors (Lipinski definition) is 1. The van der Waals surface area contributed by atoms with Gasteiger partial charge in [0.05, 0.1) is 13.0 Å². The van der Waals surface area contributed by atoms with Crippen molar-refractivity contribution in [1.82, 2.24) is 4.90 Å². The number of rotatable bonds is 10. The van der Waals surface area contributed by atoms with Crippen LogP contribution in [-0.4, -0.2) is 42.5 Å². The molecule has 0 heterocycles. The fourth-order valence-electron chi connectivity index (χ4n) is 2.22. The summed E-state index contributed by atoms with van der Waals surface area (Å²) < 4.78 is 5.41. The summed E-state index contributed by atoms with van der Waals surface area (Å²) in [6.45, 7) is 11.2. The van der Waals surface area contributed by atoms with Gasteiger partial charge in [0, 0.05) is 18.8 Å². The Morgan fingerprint density at radius 2 is 1.88 bits per heavy atom. The monoisotopic (exact) mass is 332 g/mol. The predicted octanol–water partition coefficient (Wildman–Crippen LogP) is 3.02. The lowest BCUT2D eigenvalue weighted by atomic mass is 10.1. The number of nitrogens with zero attached hydrogens (tertiary/aromatic N) is 1. The van der Waals surface area contributed by atoms with Gasteiger partial charge in [-0.05, 0) is 44.9 Å². The van der Waals surface area contributed by atoms with Crippen molar-refractivity contribution in [2.24, 2.45) is 0 Å². The number of carbonyl (C=O) groups excluding carboxylic acids is 2. The SMILES string of the molecule is C=CCCOC(C)C(=O)Nc1ccc(CC(=O)N(CC)CC)cc1. The van der Waals surface area contributed by atoms with E-state index in [0.29, 0.717) is 38.2 Å². The summed E-state index contributed by atoms with van der Waals surface area (Å²) in [7, 11) is 0. The average molecular weight is 332 g/mol. The molecule has 0 spiro atoms. The number of ether oxygens (including phenoxy) is 1. The molecule has 1 N–H and O–H groups in total. The average Bonchev–Trinajstić information content (AvgIpc) is 2.57. The molecule has 5 nitrogen and oxygen atoms in total. The van der Waals surface area contributed by atoms with Crippen molar-refractivity contribution >= 4 is 17.5 Å². The Hall–Kier alpha value is -2.14.